The molecule has 0 bridgehead atoms. The van der Waals surface area contributed by atoms with Gasteiger partial charge in [-0.2, -0.15) is 5.10 Å². The van der Waals surface area contributed by atoms with Crippen LogP contribution in [0.25, 0.3) is 24.4 Å². The molecule has 3 heterocycles. The molecule has 0 aliphatic rings. The average molecular weight is 455 g/mol. The highest BCUT2D eigenvalue weighted by molar-refractivity contribution is 5.69. The van der Waals surface area contributed by atoms with Crippen LogP contribution in [-0.2, 0) is 6.42 Å². The SMILES string of the molecule is C=c1cccnc1=CC=C(CCCC)CCc1nc2c(C=CC(C)=C(C)CC)c(C)ccn2n1. The predicted molar refractivity (Wildman–Crippen MR) is 145 cm³/mol. The standard InChI is InChI=1S/C30H38N4/c1-7-9-12-26(14-17-28-25(6)11-10-20-31-28)15-18-29-32-30-27(16-13-23(4)22(3)8-2)24(5)19-21-34(30)33-29/h10-11,13-14,16-17,19-21H,6-9,12,15,18H2,1-5H3. The van der Waals surface area contributed by atoms with E-state index in [-0.39, 0.29) is 0 Å². The number of hydrogen-bond donors (Lipinski definition) is 0. The lowest BCUT2D eigenvalue weighted by molar-refractivity contribution is 0.736. The summed E-state index contributed by atoms with van der Waals surface area (Å²) in [4.78, 5) is 9.37. The Morgan fingerprint density at radius 3 is 2.71 bits per heavy atom. The molecule has 0 unspecified atom stereocenters. The van der Waals surface area contributed by atoms with Crippen LogP contribution in [-0.4, -0.2) is 19.6 Å². The van der Waals surface area contributed by atoms with Crippen LogP contribution in [0.3, 0.4) is 0 Å². The molecule has 0 radical (unpaired) electrons. The van der Waals surface area contributed by atoms with Crippen LogP contribution in [0.15, 0.2) is 59.5 Å². The van der Waals surface area contributed by atoms with E-state index in [2.05, 4.69) is 76.6 Å². The van der Waals surface area contributed by atoms with Gasteiger partial charge in [0.25, 0.3) is 0 Å². The van der Waals surface area contributed by atoms with Gasteiger partial charge in [0.15, 0.2) is 11.5 Å². The molecule has 0 aliphatic heterocycles. The third-order valence-electron chi connectivity index (χ3n) is 6.43. The van der Waals surface area contributed by atoms with Crippen LogP contribution in [0.2, 0.25) is 0 Å². The lowest BCUT2D eigenvalue weighted by Gasteiger charge is -2.04. The minimum atomic E-state index is 0.820. The highest BCUT2D eigenvalue weighted by atomic mass is 15.3. The van der Waals surface area contributed by atoms with Crippen molar-refractivity contribution < 1.29 is 0 Å². The summed E-state index contributed by atoms with van der Waals surface area (Å²) in [5, 5.41) is 6.65. The van der Waals surface area contributed by atoms with E-state index in [0.717, 1.165) is 53.3 Å². The summed E-state index contributed by atoms with van der Waals surface area (Å²) in [5.74, 6) is 0.885. The molecule has 0 N–H and O–H groups in total. The van der Waals surface area contributed by atoms with Gasteiger partial charge in [0.05, 0.1) is 5.35 Å². The zero-order valence-electron chi connectivity index (χ0n) is 21.4. The molecule has 0 amide bonds. The Morgan fingerprint density at radius 1 is 1.15 bits per heavy atom. The van der Waals surface area contributed by atoms with Crippen LogP contribution in [0, 0.1) is 6.92 Å². The van der Waals surface area contributed by atoms with Crippen LogP contribution < -0.4 is 10.6 Å². The molecule has 178 valence electrons. The molecule has 34 heavy (non-hydrogen) atoms. The highest BCUT2D eigenvalue weighted by Gasteiger charge is 2.10. The van der Waals surface area contributed by atoms with Gasteiger partial charge in [-0.15, -0.1) is 0 Å². The van der Waals surface area contributed by atoms with E-state index >= 15 is 0 Å². The first-order valence-electron chi connectivity index (χ1n) is 12.4. The molecule has 3 rings (SSSR count). The van der Waals surface area contributed by atoms with E-state index in [1.54, 1.807) is 0 Å². The van der Waals surface area contributed by atoms with Crippen molar-refractivity contribution in [3.63, 3.8) is 0 Å². The number of fused-ring (bicyclic) bond motifs is 1. The fourth-order valence-corrected chi connectivity index (χ4v) is 3.81. The molecule has 0 aromatic carbocycles. The molecule has 0 atom stereocenters. The summed E-state index contributed by atoms with van der Waals surface area (Å²) in [7, 11) is 0. The molecule has 3 aromatic rings. The fraction of sp³-hybridized carbons (Fsp3) is 0.367. The number of nitrogens with zero attached hydrogens (tertiary/aromatic N) is 4. The van der Waals surface area contributed by atoms with Crippen molar-refractivity contribution in [1.29, 1.82) is 0 Å². The molecule has 4 heteroatoms. The van der Waals surface area contributed by atoms with E-state index in [4.69, 9.17) is 10.1 Å². The Balaban J connectivity index is 1.85. The first-order valence-corrected chi connectivity index (χ1v) is 12.4. The zero-order chi connectivity index (χ0) is 24.5. The first kappa shape index (κ1) is 25.4. The molecule has 0 saturated carbocycles. The van der Waals surface area contributed by atoms with Gasteiger partial charge in [-0.3, -0.25) is 4.98 Å². The maximum atomic E-state index is 4.93. The second-order valence-electron chi connectivity index (χ2n) is 9.00. The van der Waals surface area contributed by atoms with Gasteiger partial charge in [0.1, 0.15) is 0 Å². The van der Waals surface area contributed by atoms with E-state index in [0.29, 0.717) is 0 Å². The van der Waals surface area contributed by atoms with E-state index in [1.165, 1.54) is 35.1 Å². The van der Waals surface area contributed by atoms with Gasteiger partial charge < -0.3 is 0 Å². The summed E-state index contributed by atoms with van der Waals surface area (Å²) in [6.07, 6.45) is 18.8. The Labute approximate surface area is 204 Å². The maximum absolute atomic E-state index is 4.93. The fourth-order valence-electron chi connectivity index (χ4n) is 3.81. The van der Waals surface area contributed by atoms with Gasteiger partial charge in [-0.25, -0.2) is 9.50 Å². The van der Waals surface area contributed by atoms with Crippen LogP contribution in [0.1, 0.15) is 76.8 Å². The maximum Gasteiger partial charge on any atom is 0.163 e. The van der Waals surface area contributed by atoms with Crippen LogP contribution in [0.5, 0.6) is 0 Å². The molecule has 0 spiro atoms. The molecule has 0 aliphatic carbocycles. The smallest absolute Gasteiger partial charge is 0.163 e. The Hall–Kier alpha value is -3.27. The van der Waals surface area contributed by atoms with Gasteiger partial charge in [-0.05, 0) is 75.4 Å². The van der Waals surface area contributed by atoms with Gasteiger partial charge in [0, 0.05) is 24.4 Å². The molecule has 4 nitrogen and oxygen atoms in total. The summed E-state index contributed by atoms with van der Waals surface area (Å²) in [6, 6.07) is 6.03. The van der Waals surface area contributed by atoms with Crippen molar-refractivity contribution in [2.75, 3.05) is 0 Å². The Kier molecular flexibility index (Phi) is 9.15. The van der Waals surface area contributed by atoms with Crippen molar-refractivity contribution in [2.45, 2.75) is 73.1 Å². The zero-order valence-corrected chi connectivity index (χ0v) is 21.4. The Morgan fingerprint density at radius 2 is 1.97 bits per heavy atom. The lowest BCUT2D eigenvalue weighted by atomic mass is 10.0. The topological polar surface area (TPSA) is 43.1 Å². The van der Waals surface area contributed by atoms with Crippen LogP contribution in [0.4, 0.5) is 0 Å². The van der Waals surface area contributed by atoms with E-state index < -0.39 is 0 Å². The number of aryl methyl sites for hydroxylation is 2. The second kappa shape index (κ2) is 12.3. The normalized spacial score (nSPS) is 13.8. The molecular weight excluding hydrogens is 416 g/mol. The minimum absolute atomic E-state index is 0.820. The van der Waals surface area contributed by atoms with Crippen molar-refractivity contribution >= 4 is 24.4 Å². The van der Waals surface area contributed by atoms with Crippen molar-refractivity contribution in [3.8, 4) is 0 Å². The van der Waals surface area contributed by atoms with Gasteiger partial charge >= 0.3 is 0 Å². The van der Waals surface area contributed by atoms with Crippen molar-refractivity contribution in [2.24, 2.45) is 0 Å². The monoisotopic (exact) mass is 454 g/mol. The predicted octanol–water partition coefficient (Wildman–Crippen LogP) is 6.13. The second-order valence-corrected chi connectivity index (χ2v) is 9.00. The van der Waals surface area contributed by atoms with Crippen LogP contribution >= 0.6 is 0 Å². The van der Waals surface area contributed by atoms with E-state index in [9.17, 15) is 0 Å². The molecule has 3 aromatic heterocycles. The third-order valence-corrected chi connectivity index (χ3v) is 6.43. The summed E-state index contributed by atoms with van der Waals surface area (Å²) < 4.78 is 1.91. The average Bonchev–Trinajstić information content (AvgIpc) is 3.26. The number of hydrogen-bond acceptors (Lipinski definition) is 3. The number of pyridine rings is 2. The summed E-state index contributed by atoms with van der Waals surface area (Å²) >= 11 is 0. The molecule has 0 saturated heterocycles. The first-order chi connectivity index (χ1) is 16.4. The summed E-state index contributed by atoms with van der Waals surface area (Å²) in [6.45, 7) is 15.0. The molecular formula is C30H38N4. The summed E-state index contributed by atoms with van der Waals surface area (Å²) in [5.41, 5.74) is 7.39. The largest absolute Gasteiger partial charge is 0.256 e. The van der Waals surface area contributed by atoms with Crippen molar-refractivity contribution in [3.05, 3.63) is 87.0 Å². The van der Waals surface area contributed by atoms with Gasteiger partial charge in [0.2, 0.25) is 0 Å². The quantitative estimate of drug-likeness (QED) is 0.346. The number of allylic oxidation sites excluding steroid dienone is 5. The minimum Gasteiger partial charge on any atom is -0.256 e. The number of unbranched alkanes of at least 4 members (excludes halogenated alkanes) is 1. The third kappa shape index (κ3) is 6.63. The highest BCUT2D eigenvalue weighted by Crippen LogP contribution is 2.20. The van der Waals surface area contributed by atoms with Crippen molar-refractivity contribution in [1.82, 2.24) is 19.6 Å². The molecule has 0 fully saturated rings. The number of rotatable bonds is 10. The Bertz CT molecular complexity index is 1320. The van der Waals surface area contributed by atoms with E-state index in [1.807, 2.05) is 29.0 Å². The number of aromatic nitrogens is 4. The lowest BCUT2D eigenvalue weighted by Crippen LogP contribution is -2.25. The van der Waals surface area contributed by atoms with Gasteiger partial charge in [-0.1, -0.05) is 67.9 Å².